The molecule has 0 aliphatic carbocycles. The minimum Gasteiger partial charge on any atom is -0.338 e. The first-order chi connectivity index (χ1) is 11.7. The van der Waals surface area contributed by atoms with Gasteiger partial charge < -0.3 is 4.90 Å². The van der Waals surface area contributed by atoms with E-state index in [2.05, 4.69) is 21.0 Å². The van der Waals surface area contributed by atoms with E-state index < -0.39 is 0 Å². The molecule has 1 aliphatic rings. The Balaban J connectivity index is 1.47. The molecule has 6 heteroatoms. The van der Waals surface area contributed by atoms with Crippen LogP contribution >= 0.6 is 11.3 Å². The number of pyridine rings is 2. The summed E-state index contributed by atoms with van der Waals surface area (Å²) in [5.41, 5.74) is 4.64. The highest BCUT2D eigenvalue weighted by molar-refractivity contribution is 7.11. The lowest BCUT2D eigenvalue weighted by Gasteiger charge is -2.31. The van der Waals surface area contributed by atoms with E-state index in [0.717, 1.165) is 53.1 Å². The Kier molecular flexibility index (Phi) is 3.98. The Hall–Kier alpha value is -2.34. The Labute approximate surface area is 144 Å². The van der Waals surface area contributed by atoms with Crippen LogP contribution in [-0.2, 0) is 0 Å². The second kappa shape index (κ2) is 6.28. The van der Waals surface area contributed by atoms with E-state index in [1.807, 2.05) is 36.4 Å². The fourth-order valence-electron chi connectivity index (χ4n) is 3.23. The lowest BCUT2D eigenvalue weighted by Crippen LogP contribution is -2.38. The van der Waals surface area contributed by atoms with Crippen LogP contribution in [0.15, 0.2) is 36.1 Å². The third kappa shape index (κ3) is 2.78. The molecule has 0 spiro atoms. The molecule has 0 radical (unpaired) electrons. The SMILES string of the molecule is Cc1ncsc1C(=O)N1CCC(c2cc3ncccc3cn2)CC1. The fraction of sp³-hybridized carbons (Fsp3) is 0.333. The second-order valence-electron chi connectivity index (χ2n) is 6.14. The van der Waals surface area contributed by atoms with E-state index in [1.54, 1.807) is 5.51 Å². The number of aromatic nitrogens is 3. The maximum Gasteiger partial charge on any atom is 0.265 e. The Bertz CT molecular complexity index is 883. The Morgan fingerprint density at radius 2 is 2.08 bits per heavy atom. The van der Waals surface area contributed by atoms with Gasteiger partial charge in [-0.1, -0.05) is 0 Å². The normalized spacial score (nSPS) is 15.8. The van der Waals surface area contributed by atoms with Crippen LogP contribution in [0.4, 0.5) is 0 Å². The number of nitrogens with zero attached hydrogens (tertiary/aromatic N) is 4. The first kappa shape index (κ1) is 15.2. The molecule has 0 aromatic carbocycles. The number of aryl methyl sites for hydroxylation is 1. The zero-order valence-electron chi connectivity index (χ0n) is 13.5. The van der Waals surface area contributed by atoms with Crippen molar-refractivity contribution in [3.05, 3.63) is 52.4 Å². The van der Waals surface area contributed by atoms with E-state index in [0.29, 0.717) is 5.92 Å². The van der Waals surface area contributed by atoms with E-state index in [-0.39, 0.29) is 5.91 Å². The third-order valence-electron chi connectivity index (χ3n) is 4.65. The third-order valence-corrected chi connectivity index (χ3v) is 5.57. The van der Waals surface area contributed by atoms with Gasteiger partial charge in [-0.25, -0.2) is 4.98 Å². The number of piperidine rings is 1. The van der Waals surface area contributed by atoms with Gasteiger partial charge in [-0.2, -0.15) is 0 Å². The number of amides is 1. The number of carbonyl (C=O) groups is 1. The molecule has 0 atom stereocenters. The lowest BCUT2D eigenvalue weighted by atomic mass is 9.92. The predicted octanol–water partition coefficient (Wildman–Crippen LogP) is 3.41. The highest BCUT2D eigenvalue weighted by Gasteiger charge is 2.27. The van der Waals surface area contributed by atoms with Crippen molar-refractivity contribution in [3.63, 3.8) is 0 Å². The van der Waals surface area contributed by atoms with Crippen molar-refractivity contribution in [1.29, 1.82) is 0 Å². The number of thiazole rings is 1. The number of rotatable bonds is 2. The van der Waals surface area contributed by atoms with Gasteiger partial charge >= 0.3 is 0 Å². The standard InChI is InChI=1S/C18H18N4OS/c1-12-17(24-11-21-12)18(23)22-7-4-13(5-8-22)15-9-16-14(10-20-15)3-2-6-19-16/h2-3,6,9-11,13H,4-5,7-8H2,1H3. The minimum absolute atomic E-state index is 0.113. The average Bonchev–Trinajstić information content (AvgIpc) is 3.07. The van der Waals surface area contributed by atoms with Crippen LogP contribution in [-0.4, -0.2) is 38.8 Å². The first-order valence-corrected chi connectivity index (χ1v) is 9.00. The number of likely N-dealkylation sites (tertiary alicyclic amines) is 1. The molecule has 24 heavy (non-hydrogen) atoms. The van der Waals surface area contributed by atoms with Gasteiger partial charge in [-0.3, -0.25) is 14.8 Å². The van der Waals surface area contributed by atoms with Crippen molar-refractivity contribution >= 4 is 28.1 Å². The molecule has 4 rings (SSSR count). The van der Waals surface area contributed by atoms with E-state index in [1.165, 1.54) is 11.3 Å². The molecule has 5 nitrogen and oxygen atoms in total. The van der Waals surface area contributed by atoms with Crippen LogP contribution in [0.3, 0.4) is 0 Å². The van der Waals surface area contributed by atoms with Crippen molar-refractivity contribution in [3.8, 4) is 0 Å². The van der Waals surface area contributed by atoms with Crippen LogP contribution in [0.1, 0.15) is 39.8 Å². The molecule has 122 valence electrons. The molecule has 0 saturated carbocycles. The molecule has 0 bridgehead atoms. The highest BCUT2D eigenvalue weighted by Crippen LogP contribution is 2.29. The van der Waals surface area contributed by atoms with Gasteiger partial charge in [0.05, 0.1) is 16.7 Å². The summed E-state index contributed by atoms with van der Waals surface area (Å²) in [7, 11) is 0. The zero-order valence-corrected chi connectivity index (χ0v) is 14.3. The van der Waals surface area contributed by atoms with Gasteiger partial charge in [0.25, 0.3) is 5.91 Å². The fourth-order valence-corrected chi connectivity index (χ4v) is 4.00. The summed E-state index contributed by atoms with van der Waals surface area (Å²) >= 11 is 1.43. The van der Waals surface area contributed by atoms with Gasteiger partial charge in [0.1, 0.15) is 4.88 Å². The highest BCUT2D eigenvalue weighted by atomic mass is 32.1. The van der Waals surface area contributed by atoms with Gasteiger partial charge in [0.15, 0.2) is 0 Å². The number of carbonyl (C=O) groups excluding carboxylic acids is 1. The Morgan fingerprint density at radius 1 is 1.25 bits per heavy atom. The molecule has 1 saturated heterocycles. The molecule has 0 N–H and O–H groups in total. The summed E-state index contributed by atoms with van der Waals surface area (Å²) < 4.78 is 0. The molecule has 1 aliphatic heterocycles. The van der Waals surface area contributed by atoms with Gasteiger partial charge in [0, 0.05) is 42.5 Å². The number of hydrogen-bond donors (Lipinski definition) is 0. The lowest BCUT2D eigenvalue weighted by molar-refractivity contribution is 0.0716. The Morgan fingerprint density at radius 3 is 2.83 bits per heavy atom. The quantitative estimate of drug-likeness (QED) is 0.718. The van der Waals surface area contributed by atoms with Crippen LogP contribution < -0.4 is 0 Å². The van der Waals surface area contributed by atoms with Crippen molar-refractivity contribution in [2.24, 2.45) is 0 Å². The van der Waals surface area contributed by atoms with Gasteiger partial charge in [-0.05, 0) is 38.0 Å². The van der Waals surface area contributed by atoms with Gasteiger partial charge in [0.2, 0.25) is 0 Å². The minimum atomic E-state index is 0.113. The van der Waals surface area contributed by atoms with Gasteiger partial charge in [-0.15, -0.1) is 11.3 Å². The molecule has 3 aromatic rings. The maximum atomic E-state index is 12.6. The van der Waals surface area contributed by atoms with Crippen LogP contribution in [0.5, 0.6) is 0 Å². The van der Waals surface area contributed by atoms with E-state index in [4.69, 9.17) is 0 Å². The van der Waals surface area contributed by atoms with Crippen molar-refractivity contribution < 1.29 is 4.79 Å². The van der Waals surface area contributed by atoms with E-state index >= 15 is 0 Å². The summed E-state index contributed by atoms with van der Waals surface area (Å²) in [6.07, 6.45) is 5.59. The first-order valence-electron chi connectivity index (χ1n) is 8.12. The zero-order chi connectivity index (χ0) is 16.5. The maximum absolute atomic E-state index is 12.6. The average molecular weight is 338 g/mol. The number of hydrogen-bond acceptors (Lipinski definition) is 5. The van der Waals surface area contributed by atoms with Crippen LogP contribution in [0, 0.1) is 6.92 Å². The van der Waals surface area contributed by atoms with E-state index in [9.17, 15) is 4.79 Å². The van der Waals surface area contributed by atoms with Crippen LogP contribution in [0.25, 0.3) is 10.9 Å². The predicted molar refractivity (Wildman–Crippen MR) is 94.3 cm³/mol. The van der Waals surface area contributed by atoms with Crippen LogP contribution in [0.2, 0.25) is 0 Å². The van der Waals surface area contributed by atoms with Crippen molar-refractivity contribution in [2.75, 3.05) is 13.1 Å². The summed E-state index contributed by atoms with van der Waals surface area (Å²) in [5.74, 6) is 0.504. The smallest absolute Gasteiger partial charge is 0.265 e. The molecular formula is C18H18N4OS. The molecule has 1 amide bonds. The molecule has 1 fully saturated rings. The monoisotopic (exact) mass is 338 g/mol. The summed E-state index contributed by atoms with van der Waals surface area (Å²) in [6, 6.07) is 6.04. The second-order valence-corrected chi connectivity index (χ2v) is 6.99. The molecular weight excluding hydrogens is 320 g/mol. The van der Waals surface area contributed by atoms with Crippen molar-refractivity contribution in [1.82, 2.24) is 19.9 Å². The number of fused-ring (bicyclic) bond motifs is 1. The molecule has 4 heterocycles. The summed E-state index contributed by atoms with van der Waals surface area (Å²) in [6.45, 7) is 3.42. The topological polar surface area (TPSA) is 59.0 Å². The molecule has 3 aromatic heterocycles. The summed E-state index contributed by atoms with van der Waals surface area (Å²) in [4.78, 5) is 28.5. The van der Waals surface area contributed by atoms with Crippen molar-refractivity contribution in [2.45, 2.75) is 25.7 Å². The summed E-state index contributed by atoms with van der Waals surface area (Å²) in [5, 5.41) is 1.06. The molecule has 0 unspecified atom stereocenters. The largest absolute Gasteiger partial charge is 0.338 e.